The summed E-state index contributed by atoms with van der Waals surface area (Å²) in [4.78, 5) is 0. The third kappa shape index (κ3) is 1.86. The third-order valence-corrected chi connectivity index (χ3v) is 4.09. The van der Waals surface area contributed by atoms with Gasteiger partial charge in [0.15, 0.2) is 11.5 Å². The normalized spacial score (nSPS) is 22.8. The molecular weight excluding hydrogens is 245 g/mol. The van der Waals surface area contributed by atoms with E-state index in [1.165, 1.54) is 0 Å². The zero-order chi connectivity index (χ0) is 13.8. The van der Waals surface area contributed by atoms with Gasteiger partial charge in [0.1, 0.15) is 0 Å². The van der Waals surface area contributed by atoms with Gasteiger partial charge >= 0.3 is 7.12 Å². The summed E-state index contributed by atoms with van der Waals surface area (Å²) < 4.78 is 22.6. The van der Waals surface area contributed by atoms with Crippen LogP contribution in [0.5, 0.6) is 11.5 Å². The van der Waals surface area contributed by atoms with E-state index < -0.39 is 7.12 Å². The highest BCUT2D eigenvalue weighted by Gasteiger charge is 2.52. The lowest BCUT2D eigenvalue weighted by molar-refractivity contribution is 0.00578. The van der Waals surface area contributed by atoms with E-state index in [-0.39, 0.29) is 18.0 Å². The van der Waals surface area contributed by atoms with Crippen molar-refractivity contribution in [2.45, 2.75) is 38.9 Å². The Morgan fingerprint density at radius 3 is 2.11 bits per heavy atom. The predicted molar refractivity (Wildman–Crippen MR) is 72.7 cm³/mol. The standard InChI is InChI=1S/C13H18BNO4/c1-12(2)13(3,4)19-14(18-12)8-5-10-11(6-9(8)15)17-7-16-10/h5-6H,7,15H2,1-4H3. The van der Waals surface area contributed by atoms with Crippen LogP contribution in [0.25, 0.3) is 0 Å². The van der Waals surface area contributed by atoms with Crippen molar-refractivity contribution in [2.24, 2.45) is 0 Å². The van der Waals surface area contributed by atoms with Crippen molar-refractivity contribution in [3.8, 4) is 11.5 Å². The van der Waals surface area contributed by atoms with Gasteiger partial charge in [-0.2, -0.15) is 0 Å². The van der Waals surface area contributed by atoms with Gasteiger partial charge in [0.05, 0.1) is 11.2 Å². The van der Waals surface area contributed by atoms with Crippen LogP contribution in [0.4, 0.5) is 5.69 Å². The lowest BCUT2D eigenvalue weighted by atomic mass is 9.77. The van der Waals surface area contributed by atoms with Gasteiger partial charge in [0.25, 0.3) is 0 Å². The molecule has 0 spiro atoms. The highest BCUT2D eigenvalue weighted by molar-refractivity contribution is 6.64. The molecule has 0 aromatic heterocycles. The summed E-state index contributed by atoms with van der Waals surface area (Å²) in [5.74, 6) is 1.34. The summed E-state index contributed by atoms with van der Waals surface area (Å²) >= 11 is 0. The number of hydrogen-bond acceptors (Lipinski definition) is 5. The molecule has 0 atom stereocenters. The Labute approximate surface area is 113 Å². The van der Waals surface area contributed by atoms with E-state index in [1.54, 1.807) is 6.07 Å². The molecule has 0 saturated carbocycles. The Morgan fingerprint density at radius 1 is 1.00 bits per heavy atom. The maximum absolute atomic E-state index is 6.06. The molecular formula is C13H18BNO4. The quantitative estimate of drug-likeness (QED) is 0.611. The molecule has 5 nitrogen and oxygen atoms in total. The van der Waals surface area contributed by atoms with E-state index in [1.807, 2.05) is 33.8 Å². The largest absolute Gasteiger partial charge is 0.497 e. The number of fused-ring (bicyclic) bond motifs is 1. The highest BCUT2D eigenvalue weighted by Crippen LogP contribution is 2.38. The van der Waals surface area contributed by atoms with Crippen LogP contribution in [0.3, 0.4) is 0 Å². The van der Waals surface area contributed by atoms with Crippen LogP contribution >= 0.6 is 0 Å². The smallest absolute Gasteiger partial charge is 0.454 e. The fourth-order valence-electron chi connectivity index (χ4n) is 2.15. The van der Waals surface area contributed by atoms with E-state index in [2.05, 4.69) is 0 Å². The van der Waals surface area contributed by atoms with Gasteiger partial charge in [0, 0.05) is 17.2 Å². The van der Waals surface area contributed by atoms with Crippen molar-refractivity contribution in [3.05, 3.63) is 12.1 Å². The summed E-state index contributed by atoms with van der Waals surface area (Å²) in [6, 6.07) is 3.59. The predicted octanol–water partition coefficient (Wildman–Crippen LogP) is 1.30. The van der Waals surface area contributed by atoms with Gasteiger partial charge in [-0.25, -0.2) is 0 Å². The maximum atomic E-state index is 6.06. The minimum atomic E-state index is -0.487. The van der Waals surface area contributed by atoms with Crippen LogP contribution < -0.4 is 20.7 Å². The van der Waals surface area contributed by atoms with Crippen LogP contribution in [0, 0.1) is 0 Å². The summed E-state index contributed by atoms with van der Waals surface area (Å²) in [7, 11) is -0.487. The Balaban J connectivity index is 1.96. The number of nitrogen functional groups attached to an aromatic ring is 1. The first-order valence-corrected chi connectivity index (χ1v) is 6.35. The summed E-state index contributed by atoms with van der Waals surface area (Å²) in [5, 5.41) is 0. The number of benzene rings is 1. The van der Waals surface area contributed by atoms with Gasteiger partial charge in [-0.15, -0.1) is 0 Å². The van der Waals surface area contributed by atoms with Crippen LogP contribution in [0.2, 0.25) is 0 Å². The average molecular weight is 263 g/mol. The summed E-state index contributed by atoms with van der Waals surface area (Å²) in [6.45, 7) is 8.26. The lowest BCUT2D eigenvalue weighted by Crippen LogP contribution is -2.41. The molecule has 2 aliphatic rings. The fourth-order valence-corrected chi connectivity index (χ4v) is 2.15. The number of ether oxygens (including phenoxy) is 2. The molecule has 2 heterocycles. The number of rotatable bonds is 1. The van der Waals surface area contributed by atoms with Crippen molar-refractivity contribution < 1.29 is 18.8 Å². The van der Waals surface area contributed by atoms with Crippen molar-refractivity contribution >= 4 is 18.3 Å². The minimum absolute atomic E-state index is 0.224. The first-order valence-electron chi connectivity index (χ1n) is 6.35. The van der Waals surface area contributed by atoms with Gasteiger partial charge in [-0.1, -0.05) is 0 Å². The lowest BCUT2D eigenvalue weighted by Gasteiger charge is -2.32. The van der Waals surface area contributed by atoms with E-state index in [0.717, 1.165) is 5.46 Å². The van der Waals surface area contributed by atoms with Crippen molar-refractivity contribution in [2.75, 3.05) is 12.5 Å². The summed E-state index contributed by atoms with van der Waals surface area (Å²) in [5.41, 5.74) is 6.64. The molecule has 0 bridgehead atoms. The monoisotopic (exact) mass is 263 g/mol. The molecule has 1 aromatic carbocycles. The molecule has 0 unspecified atom stereocenters. The average Bonchev–Trinajstić information content (AvgIpc) is 2.80. The second-order valence-corrected chi connectivity index (χ2v) is 5.92. The molecule has 2 aliphatic heterocycles. The molecule has 1 aromatic rings. The maximum Gasteiger partial charge on any atom is 0.497 e. The van der Waals surface area contributed by atoms with E-state index in [4.69, 9.17) is 24.5 Å². The molecule has 0 amide bonds. The molecule has 0 aliphatic carbocycles. The Bertz CT molecular complexity index is 514. The van der Waals surface area contributed by atoms with E-state index in [9.17, 15) is 0 Å². The second kappa shape index (κ2) is 3.80. The second-order valence-electron chi connectivity index (χ2n) is 5.92. The first-order chi connectivity index (χ1) is 8.80. The topological polar surface area (TPSA) is 62.9 Å². The molecule has 102 valence electrons. The summed E-state index contributed by atoms with van der Waals surface area (Å²) in [6.07, 6.45) is 0. The van der Waals surface area contributed by atoms with E-state index in [0.29, 0.717) is 17.2 Å². The SMILES string of the molecule is CC1(C)OB(c2cc3c(cc2N)OCO3)OC1(C)C. The van der Waals surface area contributed by atoms with Gasteiger partial charge in [-0.05, 0) is 33.8 Å². The fraction of sp³-hybridized carbons (Fsp3) is 0.538. The first kappa shape index (κ1) is 12.6. The van der Waals surface area contributed by atoms with Gasteiger partial charge in [-0.3, -0.25) is 0 Å². The molecule has 3 rings (SSSR count). The van der Waals surface area contributed by atoms with Crippen LogP contribution in [-0.2, 0) is 9.31 Å². The number of nitrogens with two attached hydrogens (primary N) is 1. The van der Waals surface area contributed by atoms with E-state index >= 15 is 0 Å². The molecule has 0 radical (unpaired) electrons. The Morgan fingerprint density at radius 2 is 1.53 bits per heavy atom. The van der Waals surface area contributed by atoms with Gasteiger partial charge in [0.2, 0.25) is 6.79 Å². The number of hydrogen-bond donors (Lipinski definition) is 1. The molecule has 1 saturated heterocycles. The Hall–Kier alpha value is -1.40. The Kier molecular flexibility index (Phi) is 2.53. The molecule has 19 heavy (non-hydrogen) atoms. The zero-order valence-electron chi connectivity index (χ0n) is 11.6. The molecule has 2 N–H and O–H groups in total. The van der Waals surface area contributed by atoms with Crippen LogP contribution in [0.15, 0.2) is 12.1 Å². The number of anilines is 1. The van der Waals surface area contributed by atoms with Crippen molar-refractivity contribution in [1.29, 1.82) is 0 Å². The molecule has 6 heteroatoms. The zero-order valence-corrected chi connectivity index (χ0v) is 11.6. The van der Waals surface area contributed by atoms with Crippen molar-refractivity contribution in [1.82, 2.24) is 0 Å². The van der Waals surface area contributed by atoms with Crippen molar-refractivity contribution in [3.63, 3.8) is 0 Å². The minimum Gasteiger partial charge on any atom is -0.454 e. The molecule has 1 fully saturated rings. The van der Waals surface area contributed by atoms with Crippen LogP contribution in [-0.4, -0.2) is 25.1 Å². The van der Waals surface area contributed by atoms with Crippen LogP contribution in [0.1, 0.15) is 27.7 Å². The highest BCUT2D eigenvalue weighted by atomic mass is 16.7. The third-order valence-electron chi connectivity index (χ3n) is 4.09. The van der Waals surface area contributed by atoms with Gasteiger partial charge < -0.3 is 24.5 Å².